The van der Waals surface area contributed by atoms with E-state index in [9.17, 15) is 10.1 Å². The zero-order chi connectivity index (χ0) is 21.4. The van der Waals surface area contributed by atoms with Gasteiger partial charge in [-0.3, -0.25) is 14.7 Å². The fourth-order valence-corrected chi connectivity index (χ4v) is 4.04. The molecule has 0 N–H and O–H groups in total. The third-order valence-corrected chi connectivity index (χ3v) is 5.38. The van der Waals surface area contributed by atoms with Gasteiger partial charge in [-0.1, -0.05) is 72.3 Å². The van der Waals surface area contributed by atoms with Gasteiger partial charge in [-0.15, -0.1) is 0 Å². The van der Waals surface area contributed by atoms with Crippen LogP contribution < -0.4 is 0 Å². The van der Waals surface area contributed by atoms with Crippen LogP contribution in [0, 0.1) is 10.1 Å². The minimum Gasteiger partial charge on any atom is -0.292 e. The summed E-state index contributed by atoms with van der Waals surface area (Å²) in [4.78, 5) is 16.3. The number of nitro groups is 1. The van der Waals surface area contributed by atoms with Crippen LogP contribution in [0.5, 0.6) is 0 Å². The number of halogens is 1. The zero-order valence-corrected chi connectivity index (χ0v) is 17.0. The van der Waals surface area contributed by atoms with E-state index in [0.717, 1.165) is 22.6 Å². The molecule has 150 valence electrons. The Morgan fingerprint density at radius 1 is 0.806 bits per heavy atom. The van der Waals surface area contributed by atoms with E-state index in [0.29, 0.717) is 21.7 Å². The number of nitrogens with zero attached hydrogens (tertiary/aromatic N) is 3. The summed E-state index contributed by atoms with van der Waals surface area (Å²) in [6.07, 6.45) is 0. The number of hydrogen-bond acceptors (Lipinski definition) is 3. The topological polar surface area (TPSA) is 61.0 Å². The SMILES string of the molecule is O=[N+]([O-])c1ccccc1-c1cc(Cl)cc2c1nc(-c1ccccc1)n2-c1ccccc1. The van der Waals surface area contributed by atoms with E-state index in [1.165, 1.54) is 6.07 Å². The molecule has 0 saturated carbocycles. The van der Waals surface area contributed by atoms with Crippen molar-refractivity contribution in [3.63, 3.8) is 0 Å². The molecule has 0 fully saturated rings. The molecule has 1 heterocycles. The Labute approximate surface area is 183 Å². The molecule has 31 heavy (non-hydrogen) atoms. The van der Waals surface area contributed by atoms with Gasteiger partial charge in [0.2, 0.25) is 0 Å². The maximum Gasteiger partial charge on any atom is 0.277 e. The lowest BCUT2D eigenvalue weighted by atomic mass is 10.0. The number of imidazole rings is 1. The van der Waals surface area contributed by atoms with Crippen LogP contribution in [0.15, 0.2) is 97.1 Å². The van der Waals surface area contributed by atoms with Gasteiger partial charge in [0.05, 0.1) is 21.5 Å². The number of rotatable bonds is 4. The summed E-state index contributed by atoms with van der Waals surface area (Å²) in [5.74, 6) is 0.740. The Morgan fingerprint density at radius 2 is 1.45 bits per heavy atom. The number of nitro benzene ring substituents is 1. The number of para-hydroxylation sites is 2. The van der Waals surface area contributed by atoms with Crippen molar-refractivity contribution in [2.75, 3.05) is 0 Å². The van der Waals surface area contributed by atoms with Crippen molar-refractivity contribution in [2.24, 2.45) is 0 Å². The van der Waals surface area contributed by atoms with Crippen molar-refractivity contribution >= 4 is 28.3 Å². The molecule has 0 amide bonds. The average molecular weight is 426 g/mol. The molecule has 0 radical (unpaired) electrons. The fourth-order valence-electron chi connectivity index (χ4n) is 3.83. The Balaban J connectivity index is 1.90. The lowest BCUT2D eigenvalue weighted by Gasteiger charge is -2.10. The van der Waals surface area contributed by atoms with E-state index < -0.39 is 0 Å². The van der Waals surface area contributed by atoms with Gasteiger partial charge in [-0.25, -0.2) is 4.98 Å². The molecule has 0 saturated heterocycles. The van der Waals surface area contributed by atoms with E-state index in [1.807, 2.05) is 71.3 Å². The molecular formula is C25H16ClN3O2. The van der Waals surface area contributed by atoms with Gasteiger partial charge >= 0.3 is 0 Å². The minimum atomic E-state index is -0.381. The normalized spacial score (nSPS) is 11.0. The quantitative estimate of drug-likeness (QED) is 0.232. The van der Waals surface area contributed by atoms with Crippen LogP contribution in [-0.2, 0) is 0 Å². The Morgan fingerprint density at radius 3 is 2.16 bits per heavy atom. The number of fused-ring (bicyclic) bond motifs is 1. The second-order valence-electron chi connectivity index (χ2n) is 7.07. The first-order valence-electron chi connectivity index (χ1n) is 9.70. The molecule has 0 bridgehead atoms. The fraction of sp³-hybridized carbons (Fsp3) is 0. The first kappa shape index (κ1) is 19.0. The largest absolute Gasteiger partial charge is 0.292 e. The highest BCUT2D eigenvalue weighted by Crippen LogP contribution is 2.39. The van der Waals surface area contributed by atoms with Crippen molar-refractivity contribution in [1.29, 1.82) is 0 Å². The van der Waals surface area contributed by atoms with E-state index >= 15 is 0 Å². The standard InChI is InChI=1S/C25H16ClN3O2/c26-18-15-21(20-13-7-8-14-22(20)29(30)31)24-23(16-18)28(19-11-5-2-6-12-19)25(27-24)17-9-3-1-4-10-17/h1-16H. The first-order valence-corrected chi connectivity index (χ1v) is 10.1. The number of benzene rings is 4. The van der Waals surface area contributed by atoms with Gasteiger partial charge in [-0.2, -0.15) is 0 Å². The average Bonchev–Trinajstić information content (AvgIpc) is 3.19. The highest BCUT2D eigenvalue weighted by atomic mass is 35.5. The number of aromatic nitrogens is 2. The molecule has 1 aromatic heterocycles. The molecule has 0 atom stereocenters. The lowest BCUT2D eigenvalue weighted by Crippen LogP contribution is -1.97. The third kappa shape index (κ3) is 3.35. The summed E-state index contributed by atoms with van der Waals surface area (Å²) < 4.78 is 2.04. The van der Waals surface area contributed by atoms with Crippen LogP contribution in [0.2, 0.25) is 5.02 Å². The Kier molecular flexibility index (Phi) is 4.73. The van der Waals surface area contributed by atoms with Crippen LogP contribution in [0.25, 0.3) is 39.2 Å². The van der Waals surface area contributed by atoms with E-state index in [2.05, 4.69) is 0 Å². The van der Waals surface area contributed by atoms with Gasteiger partial charge in [0, 0.05) is 27.9 Å². The van der Waals surface area contributed by atoms with Crippen molar-refractivity contribution in [2.45, 2.75) is 0 Å². The summed E-state index contributed by atoms with van der Waals surface area (Å²) in [5, 5.41) is 12.2. The van der Waals surface area contributed by atoms with Crippen LogP contribution >= 0.6 is 11.6 Å². The summed E-state index contributed by atoms with van der Waals surface area (Å²) in [5.41, 5.74) is 4.43. The molecular weight excluding hydrogens is 410 g/mol. The van der Waals surface area contributed by atoms with Crippen molar-refractivity contribution in [1.82, 2.24) is 9.55 Å². The van der Waals surface area contributed by atoms with Gasteiger partial charge < -0.3 is 0 Å². The molecule has 0 spiro atoms. The van der Waals surface area contributed by atoms with E-state index in [-0.39, 0.29) is 10.6 Å². The summed E-state index contributed by atoms with van der Waals surface area (Å²) in [6, 6.07) is 30.0. The maximum atomic E-state index is 11.7. The second kappa shape index (κ2) is 7.70. The predicted octanol–water partition coefficient (Wildman–Crippen LogP) is 6.92. The summed E-state index contributed by atoms with van der Waals surface area (Å²) in [7, 11) is 0. The van der Waals surface area contributed by atoms with Gasteiger partial charge in [0.25, 0.3) is 5.69 Å². The molecule has 6 heteroatoms. The highest BCUT2D eigenvalue weighted by Gasteiger charge is 2.22. The molecule has 5 rings (SSSR count). The smallest absolute Gasteiger partial charge is 0.277 e. The van der Waals surface area contributed by atoms with E-state index in [4.69, 9.17) is 16.6 Å². The maximum absolute atomic E-state index is 11.7. The van der Waals surface area contributed by atoms with Gasteiger partial charge in [-0.05, 0) is 30.3 Å². The van der Waals surface area contributed by atoms with Crippen LogP contribution in [0.3, 0.4) is 0 Å². The van der Waals surface area contributed by atoms with Crippen molar-refractivity contribution < 1.29 is 4.92 Å². The van der Waals surface area contributed by atoms with E-state index in [1.54, 1.807) is 24.3 Å². The second-order valence-corrected chi connectivity index (χ2v) is 7.50. The lowest BCUT2D eigenvalue weighted by molar-refractivity contribution is -0.384. The van der Waals surface area contributed by atoms with Crippen LogP contribution in [0.1, 0.15) is 0 Å². The van der Waals surface area contributed by atoms with Crippen LogP contribution in [0.4, 0.5) is 5.69 Å². The van der Waals surface area contributed by atoms with Crippen molar-refractivity contribution in [3.05, 3.63) is 112 Å². The Bertz CT molecular complexity index is 1410. The summed E-state index contributed by atoms with van der Waals surface area (Å²) >= 11 is 6.51. The molecule has 5 nitrogen and oxygen atoms in total. The third-order valence-electron chi connectivity index (χ3n) is 5.16. The zero-order valence-electron chi connectivity index (χ0n) is 16.3. The Hall–Kier alpha value is -3.96. The van der Waals surface area contributed by atoms with Crippen molar-refractivity contribution in [3.8, 4) is 28.2 Å². The molecule has 0 unspecified atom stereocenters. The minimum absolute atomic E-state index is 0.0154. The first-order chi connectivity index (χ1) is 15.1. The molecule has 4 aromatic carbocycles. The van der Waals surface area contributed by atoms with Gasteiger partial charge in [0.15, 0.2) is 0 Å². The molecule has 0 aliphatic carbocycles. The van der Waals surface area contributed by atoms with Crippen LogP contribution in [-0.4, -0.2) is 14.5 Å². The molecule has 5 aromatic rings. The monoisotopic (exact) mass is 425 g/mol. The van der Waals surface area contributed by atoms with Gasteiger partial charge in [0.1, 0.15) is 5.82 Å². The molecule has 0 aliphatic rings. The predicted molar refractivity (Wildman–Crippen MR) is 124 cm³/mol. The molecule has 0 aliphatic heterocycles. The highest BCUT2D eigenvalue weighted by molar-refractivity contribution is 6.32. The number of hydrogen-bond donors (Lipinski definition) is 0. The summed E-state index contributed by atoms with van der Waals surface area (Å²) in [6.45, 7) is 0.